The Morgan fingerprint density at radius 2 is 2.29 bits per heavy atom. The van der Waals surface area contributed by atoms with Crippen molar-refractivity contribution in [2.45, 2.75) is 0 Å². The molecule has 7 heteroatoms. The van der Waals surface area contributed by atoms with E-state index in [2.05, 4.69) is 9.97 Å². The number of nitrogens with one attached hydrogen (secondary N) is 1. The van der Waals surface area contributed by atoms with E-state index >= 15 is 0 Å². The molecule has 0 bridgehead atoms. The molecule has 0 amide bonds. The van der Waals surface area contributed by atoms with Crippen LogP contribution >= 0.6 is 11.6 Å². The molecule has 0 aliphatic heterocycles. The SMILES string of the molecule is Nc1nc2ccc(Cl)c([N+](=O)[O-])c2[nH]1. The van der Waals surface area contributed by atoms with Crippen molar-refractivity contribution in [2.75, 3.05) is 5.73 Å². The van der Waals surface area contributed by atoms with Crippen molar-refractivity contribution >= 4 is 34.3 Å². The smallest absolute Gasteiger partial charge is 0.313 e. The van der Waals surface area contributed by atoms with Crippen LogP contribution in [-0.4, -0.2) is 14.9 Å². The summed E-state index contributed by atoms with van der Waals surface area (Å²) in [4.78, 5) is 16.6. The number of hydrogen-bond acceptors (Lipinski definition) is 4. The number of nitrogen functional groups attached to an aromatic ring is 1. The quantitative estimate of drug-likeness (QED) is 0.555. The van der Waals surface area contributed by atoms with E-state index in [0.717, 1.165) is 0 Å². The van der Waals surface area contributed by atoms with E-state index in [4.69, 9.17) is 17.3 Å². The first-order valence-corrected chi connectivity index (χ1v) is 4.05. The molecule has 0 atom stereocenters. The minimum absolute atomic E-state index is 0.0613. The lowest BCUT2D eigenvalue weighted by molar-refractivity contribution is -0.383. The van der Waals surface area contributed by atoms with Gasteiger partial charge in [-0.1, -0.05) is 11.6 Å². The molecule has 0 saturated carbocycles. The maximum atomic E-state index is 10.7. The second kappa shape index (κ2) is 2.85. The number of benzene rings is 1. The largest absolute Gasteiger partial charge is 0.369 e. The molecule has 2 rings (SSSR count). The van der Waals surface area contributed by atoms with Gasteiger partial charge < -0.3 is 10.7 Å². The molecule has 72 valence electrons. The van der Waals surface area contributed by atoms with Crippen LogP contribution in [-0.2, 0) is 0 Å². The topological polar surface area (TPSA) is 97.8 Å². The minimum atomic E-state index is -0.567. The Morgan fingerprint density at radius 3 is 2.93 bits per heavy atom. The van der Waals surface area contributed by atoms with Crippen LogP contribution in [0.3, 0.4) is 0 Å². The molecular weight excluding hydrogens is 208 g/mol. The summed E-state index contributed by atoms with van der Waals surface area (Å²) in [5, 5.41) is 10.7. The molecule has 0 saturated heterocycles. The summed E-state index contributed by atoms with van der Waals surface area (Å²) in [6.07, 6.45) is 0. The summed E-state index contributed by atoms with van der Waals surface area (Å²) in [5.74, 6) is 0.130. The maximum absolute atomic E-state index is 10.7. The number of fused-ring (bicyclic) bond motifs is 1. The molecule has 0 fully saturated rings. The van der Waals surface area contributed by atoms with E-state index in [1.54, 1.807) is 6.07 Å². The van der Waals surface area contributed by atoms with Crippen molar-refractivity contribution in [3.63, 3.8) is 0 Å². The van der Waals surface area contributed by atoms with Crippen molar-refractivity contribution in [2.24, 2.45) is 0 Å². The van der Waals surface area contributed by atoms with Gasteiger partial charge in [0, 0.05) is 0 Å². The fraction of sp³-hybridized carbons (Fsp3) is 0. The standard InChI is InChI=1S/C7H5ClN4O2/c8-3-1-2-4-5(6(3)12(13)14)11-7(9)10-4/h1-2H,(H3,9,10,11). The summed E-state index contributed by atoms with van der Waals surface area (Å²) in [5.41, 5.74) is 5.86. The number of anilines is 1. The van der Waals surface area contributed by atoms with E-state index in [9.17, 15) is 10.1 Å². The fourth-order valence-electron chi connectivity index (χ4n) is 1.24. The van der Waals surface area contributed by atoms with E-state index in [0.29, 0.717) is 5.52 Å². The lowest BCUT2D eigenvalue weighted by Crippen LogP contribution is -1.90. The Morgan fingerprint density at radius 1 is 1.57 bits per heavy atom. The predicted molar refractivity (Wildman–Crippen MR) is 52.2 cm³/mol. The molecule has 0 unspecified atom stereocenters. The highest BCUT2D eigenvalue weighted by Crippen LogP contribution is 2.31. The Kier molecular flexibility index (Phi) is 1.78. The molecule has 1 aromatic heterocycles. The van der Waals surface area contributed by atoms with E-state index < -0.39 is 4.92 Å². The lowest BCUT2D eigenvalue weighted by Gasteiger charge is -1.94. The van der Waals surface area contributed by atoms with Gasteiger partial charge in [-0.15, -0.1) is 0 Å². The van der Waals surface area contributed by atoms with Crippen LogP contribution in [0.25, 0.3) is 11.0 Å². The van der Waals surface area contributed by atoms with Crippen LogP contribution in [0.5, 0.6) is 0 Å². The van der Waals surface area contributed by atoms with E-state index in [1.807, 2.05) is 0 Å². The van der Waals surface area contributed by atoms with Crippen molar-refractivity contribution in [1.29, 1.82) is 0 Å². The maximum Gasteiger partial charge on any atom is 0.313 e. The molecule has 0 spiro atoms. The normalized spacial score (nSPS) is 10.6. The van der Waals surface area contributed by atoms with Crippen LogP contribution in [0.2, 0.25) is 5.02 Å². The molecule has 1 aromatic carbocycles. The highest BCUT2D eigenvalue weighted by Gasteiger charge is 2.19. The number of nitrogens with zero attached hydrogens (tertiary/aromatic N) is 2. The van der Waals surface area contributed by atoms with Crippen LogP contribution in [0.4, 0.5) is 11.6 Å². The van der Waals surface area contributed by atoms with Gasteiger partial charge in [-0.25, -0.2) is 4.98 Å². The fourth-order valence-corrected chi connectivity index (χ4v) is 1.46. The highest BCUT2D eigenvalue weighted by molar-refractivity contribution is 6.33. The van der Waals surface area contributed by atoms with Crippen molar-refractivity contribution in [3.05, 3.63) is 27.3 Å². The molecular formula is C7H5ClN4O2. The molecule has 14 heavy (non-hydrogen) atoms. The Labute approximate surface area is 82.8 Å². The van der Waals surface area contributed by atoms with Gasteiger partial charge in [-0.05, 0) is 12.1 Å². The molecule has 0 aliphatic rings. The first-order valence-electron chi connectivity index (χ1n) is 3.67. The van der Waals surface area contributed by atoms with Crippen LogP contribution in [0.1, 0.15) is 0 Å². The second-order valence-corrected chi connectivity index (χ2v) is 3.08. The third kappa shape index (κ3) is 1.16. The van der Waals surface area contributed by atoms with Crippen LogP contribution in [0.15, 0.2) is 12.1 Å². The summed E-state index contributed by atoms with van der Waals surface area (Å²) in [6.45, 7) is 0. The summed E-state index contributed by atoms with van der Waals surface area (Å²) in [6, 6.07) is 2.99. The third-order valence-electron chi connectivity index (χ3n) is 1.78. The highest BCUT2D eigenvalue weighted by atomic mass is 35.5. The molecule has 0 radical (unpaired) electrons. The number of halogens is 1. The Balaban J connectivity index is 2.88. The number of aromatic nitrogens is 2. The number of aromatic amines is 1. The van der Waals surface area contributed by atoms with E-state index in [1.165, 1.54) is 6.07 Å². The number of nitro benzene ring substituents is 1. The van der Waals surface area contributed by atoms with Crippen molar-refractivity contribution < 1.29 is 4.92 Å². The number of hydrogen-bond donors (Lipinski definition) is 2. The average molecular weight is 213 g/mol. The second-order valence-electron chi connectivity index (χ2n) is 2.67. The number of imidazole rings is 1. The van der Waals surface area contributed by atoms with Crippen LogP contribution in [0, 0.1) is 10.1 Å². The minimum Gasteiger partial charge on any atom is -0.369 e. The first kappa shape index (κ1) is 8.76. The molecule has 6 nitrogen and oxygen atoms in total. The predicted octanol–water partition coefficient (Wildman–Crippen LogP) is 1.71. The first-order chi connectivity index (χ1) is 6.59. The molecule has 2 aromatic rings. The Hall–Kier alpha value is -1.82. The van der Waals surface area contributed by atoms with Crippen molar-refractivity contribution in [3.8, 4) is 0 Å². The third-order valence-corrected chi connectivity index (χ3v) is 2.09. The van der Waals surface area contributed by atoms with E-state index in [-0.39, 0.29) is 22.2 Å². The monoisotopic (exact) mass is 212 g/mol. The van der Waals surface area contributed by atoms with Crippen molar-refractivity contribution in [1.82, 2.24) is 9.97 Å². The molecule has 0 aliphatic carbocycles. The Bertz CT molecular complexity index is 522. The summed E-state index contributed by atoms with van der Waals surface area (Å²) >= 11 is 5.68. The zero-order valence-electron chi connectivity index (χ0n) is 6.82. The zero-order valence-corrected chi connectivity index (χ0v) is 7.58. The van der Waals surface area contributed by atoms with Gasteiger partial charge in [0.1, 0.15) is 10.5 Å². The van der Waals surface area contributed by atoms with Gasteiger partial charge in [-0.3, -0.25) is 10.1 Å². The molecule has 3 N–H and O–H groups in total. The van der Waals surface area contributed by atoms with Gasteiger partial charge in [0.25, 0.3) is 0 Å². The lowest BCUT2D eigenvalue weighted by atomic mass is 10.3. The van der Waals surface area contributed by atoms with Gasteiger partial charge in [0.15, 0.2) is 5.95 Å². The molecule has 1 heterocycles. The van der Waals surface area contributed by atoms with Gasteiger partial charge in [0.05, 0.1) is 10.4 Å². The summed E-state index contributed by atoms with van der Waals surface area (Å²) < 4.78 is 0. The number of rotatable bonds is 1. The zero-order chi connectivity index (χ0) is 10.3. The number of nitrogens with two attached hydrogens (primary N) is 1. The summed E-state index contributed by atoms with van der Waals surface area (Å²) in [7, 11) is 0. The van der Waals surface area contributed by atoms with Gasteiger partial charge in [0.2, 0.25) is 0 Å². The number of H-pyrrole nitrogens is 1. The van der Waals surface area contributed by atoms with Gasteiger partial charge >= 0.3 is 5.69 Å². The van der Waals surface area contributed by atoms with Gasteiger partial charge in [-0.2, -0.15) is 0 Å². The number of nitro groups is 1. The average Bonchev–Trinajstić information content (AvgIpc) is 2.43. The van der Waals surface area contributed by atoms with Crippen LogP contribution < -0.4 is 5.73 Å².